The van der Waals surface area contributed by atoms with Gasteiger partial charge in [-0.1, -0.05) is 41.6 Å². The van der Waals surface area contributed by atoms with Crippen LogP contribution in [0.5, 0.6) is 0 Å². The largest absolute Gasteiger partial charge is 0.441 e. The van der Waals surface area contributed by atoms with Crippen molar-refractivity contribution in [3.05, 3.63) is 75.4 Å². The molecule has 32 heavy (non-hydrogen) atoms. The summed E-state index contributed by atoms with van der Waals surface area (Å²) in [6.07, 6.45) is 0.725. The summed E-state index contributed by atoms with van der Waals surface area (Å²) in [5, 5.41) is 1.73. The smallest absolute Gasteiger partial charge is 0.262 e. The number of halogens is 1. The minimum Gasteiger partial charge on any atom is -0.441 e. The zero-order valence-corrected chi connectivity index (χ0v) is 19.6. The van der Waals surface area contributed by atoms with Crippen LogP contribution in [0.1, 0.15) is 24.8 Å². The number of oxazole rings is 1. The van der Waals surface area contributed by atoms with Gasteiger partial charge in [0, 0.05) is 36.1 Å². The van der Waals surface area contributed by atoms with Crippen LogP contribution >= 0.6 is 23.4 Å². The lowest BCUT2D eigenvalue weighted by atomic mass is 10.2. The summed E-state index contributed by atoms with van der Waals surface area (Å²) in [6.45, 7) is 5.63. The molecule has 8 heteroatoms. The molecular weight excluding hydrogens is 446 g/mol. The summed E-state index contributed by atoms with van der Waals surface area (Å²) < 4.78 is 13.0. The number of nitrogens with zero attached hydrogens (tertiary/aromatic N) is 3. The number of aromatic nitrogens is 3. The first kappa shape index (κ1) is 22.6. The molecule has 0 aliphatic carbocycles. The lowest BCUT2D eigenvalue weighted by Crippen LogP contribution is -2.24. The molecule has 0 atom stereocenters. The fourth-order valence-corrected chi connectivity index (χ4v) is 4.54. The quantitative estimate of drug-likeness (QED) is 0.177. The van der Waals surface area contributed by atoms with Crippen molar-refractivity contribution in [2.75, 3.05) is 13.2 Å². The van der Waals surface area contributed by atoms with Crippen LogP contribution in [0.15, 0.2) is 62.9 Å². The van der Waals surface area contributed by atoms with E-state index < -0.39 is 0 Å². The summed E-state index contributed by atoms with van der Waals surface area (Å²) in [4.78, 5) is 22.6. The Morgan fingerprint density at radius 3 is 2.75 bits per heavy atom. The van der Waals surface area contributed by atoms with Crippen molar-refractivity contribution in [1.82, 2.24) is 14.5 Å². The van der Waals surface area contributed by atoms with Gasteiger partial charge in [0.25, 0.3) is 5.56 Å². The third-order valence-electron chi connectivity index (χ3n) is 5.01. The maximum absolute atomic E-state index is 13.2. The maximum Gasteiger partial charge on any atom is 0.262 e. The molecule has 6 nitrogen and oxygen atoms in total. The van der Waals surface area contributed by atoms with Crippen molar-refractivity contribution in [1.29, 1.82) is 0 Å². The van der Waals surface area contributed by atoms with E-state index >= 15 is 0 Å². The highest BCUT2D eigenvalue weighted by Gasteiger charge is 2.16. The highest BCUT2D eigenvalue weighted by atomic mass is 35.5. The molecule has 2 aromatic heterocycles. The van der Waals surface area contributed by atoms with Gasteiger partial charge >= 0.3 is 0 Å². The van der Waals surface area contributed by atoms with Crippen LogP contribution in [0, 0.1) is 6.92 Å². The van der Waals surface area contributed by atoms with Crippen molar-refractivity contribution in [3.63, 3.8) is 0 Å². The second kappa shape index (κ2) is 10.3. The summed E-state index contributed by atoms with van der Waals surface area (Å²) in [6, 6.07) is 15.0. The van der Waals surface area contributed by atoms with E-state index in [0.717, 1.165) is 23.4 Å². The summed E-state index contributed by atoms with van der Waals surface area (Å²) in [5.74, 6) is 1.88. The fraction of sp³-hybridized carbons (Fsp3) is 0.292. The van der Waals surface area contributed by atoms with Gasteiger partial charge in [-0.3, -0.25) is 9.36 Å². The predicted molar refractivity (Wildman–Crippen MR) is 128 cm³/mol. The molecule has 0 fully saturated rings. The minimum atomic E-state index is -0.0764. The highest BCUT2D eigenvalue weighted by molar-refractivity contribution is 7.98. The van der Waals surface area contributed by atoms with Crippen LogP contribution in [-0.2, 0) is 17.0 Å². The first-order chi connectivity index (χ1) is 15.6. The minimum absolute atomic E-state index is 0.0764. The maximum atomic E-state index is 13.2. The molecule has 4 aromatic rings. The van der Waals surface area contributed by atoms with E-state index in [1.54, 1.807) is 22.8 Å². The Labute approximate surface area is 195 Å². The van der Waals surface area contributed by atoms with E-state index in [9.17, 15) is 4.79 Å². The Bertz CT molecular complexity index is 1270. The molecule has 0 unspecified atom stereocenters. The molecule has 2 heterocycles. The third kappa shape index (κ3) is 5.06. The van der Waals surface area contributed by atoms with Crippen LogP contribution in [-0.4, -0.2) is 27.7 Å². The van der Waals surface area contributed by atoms with E-state index in [-0.39, 0.29) is 5.56 Å². The average Bonchev–Trinajstić information content (AvgIpc) is 3.17. The van der Waals surface area contributed by atoms with Gasteiger partial charge in [0.05, 0.1) is 16.6 Å². The van der Waals surface area contributed by atoms with Crippen molar-refractivity contribution in [3.8, 4) is 11.5 Å². The van der Waals surface area contributed by atoms with Gasteiger partial charge in [-0.2, -0.15) is 0 Å². The zero-order valence-electron chi connectivity index (χ0n) is 18.0. The molecule has 0 bridgehead atoms. The van der Waals surface area contributed by atoms with E-state index in [1.807, 2.05) is 44.2 Å². The van der Waals surface area contributed by atoms with Gasteiger partial charge in [-0.25, -0.2) is 9.97 Å². The molecule has 0 radical (unpaired) electrons. The molecule has 0 aliphatic heterocycles. The molecule has 2 aromatic carbocycles. The molecule has 0 saturated heterocycles. The van der Waals surface area contributed by atoms with Gasteiger partial charge in [-0.15, -0.1) is 0 Å². The molecule has 0 saturated carbocycles. The molecule has 0 amide bonds. The number of fused-ring (bicyclic) bond motifs is 1. The van der Waals surface area contributed by atoms with Crippen LogP contribution in [0.3, 0.4) is 0 Å². The van der Waals surface area contributed by atoms with Gasteiger partial charge in [0.15, 0.2) is 5.16 Å². The van der Waals surface area contributed by atoms with Crippen LogP contribution in [0.4, 0.5) is 0 Å². The number of benzene rings is 2. The SMILES string of the molecule is CCOCCCn1c(SCc2nc(-c3ccccc3)oc2C)nc2cc(Cl)ccc2c1=O. The molecule has 166 valence electrons. The molecule has 4 rings (SSSR count). The van der Waals surface area contributed by atoms with E-state index in [1.165, 1.54) is 11.8 Å². The Kier molecular flexibility index (Phi) is 7.29. The summed E-state index contributed by atoms with van der Waals surface area (Å²) >= 11 is 7.61. The number of thioether (sulfide) groups is 1. The highest BCUT2D eigenvalue weighted by Crippen LogP contribution is 2.27. The normalized spacial score (nSPS) is 11.3. The Balaban J connectivity index is 1.63. The Morgan fingerprint density at radius 2 is 1.97 bits per heavy atom. The Morgan fingerprint density at radius 1 is 1.16 bits per heavy atom. The van der Waals surface area contributed by atoms with Crippen LogP contribution in [0.25, 0.3) is 22.4 Å². The topological polar surface area (TPSA) is 70.2 Å². The number of aryl methyl sites for hydroxylation is 1. The van der Waals surface area contributed by atoms with Crippen molar-refractivity contribution < 1.29 is 9.15 Å². The average molecular weight is 470 g/mol. The predicted octanol–water partition coefficient (Wildman–Crippen LogP) is 5.73. The second-order valence-electron chi connectivity index (χ2n) is 7.24. The van der Waals surface area contributed by atoms with Gasteiger partial charge in [0.2, 0.25) is 5.89 Å². The van der Waals surface area contributed by atoms with E-state index in [0.29, 0.717) is 52.5 Å². The van der Waals surface area contributed by atoms with Gasteiger partial charge in [-0.05, 0) is 50.6 Å². The summed E-state index contributed by atoms with van der Waals surface area (Å²) in [5.41, 5.74) is 2.27. The molecular formula is C24H24ClN3O3S. The zero-order chi connectivity index (χ0) is 22.5. The number of ether oxygens (including phenoxy) is 1. The standard InChI is InChI=1S/C24H24ClN3O3S/c1-3-30-13-7-12-28-23(29)19-11-10-18(25)14-20(19)27-24(28)32-15-21-16(2)31-22(26-21)17-8-5-4-6-9-17/h4-6,8-11,14H,3,7,12-13,15H2,1-2H3. The van der Waals surface area contributed by atoms with Crippen molar-refractivity contribution in [2.45, 2.75) is 37.7 Å². The number of hydrogen-bond donors (Lipinski definition) is 0. The van der Waals surface area contributed by atoms with Crippen LogP contribution < -0.4 is 5.56 Å². The van der Waals surface area contributed by atoms with Gasteiger partial charge in [0.1, 0.15) is 5.76 Å². The second-order valence-corrected chi connectivity index (χ2v) is 8.62. The first-order valence-electron chi connectivity index (χ1n) is 10.5. The molecule has 0 spiro atoms. The van der Waals surface area contributed by atoms with E-state index in [2.05, 4.69) is 4.98 Å². The fourth-order valence-electron chi connectivity index (χ4n) is 3.35. The first-order valence-corrected chi connectivity index (χ1v) is 11.9. The van der Waals surface area contributed by atoms with Crippen molar-refractivity contribution >= 4 is 34.3 Å². The molecule has 0 N–H and O–H groups in total. The molecule has 0 aliphatic rings. The Hall–Kier alpha value is -2.61. The number of rotatable bonds is 9. The lowest BCUT2D eigenvalue weighted by Gasteiger charge is -2.13. The lowest BCUT2D eigenvalue weighted by molar-refractivity contribution is 0.140. The monoisotopic (exact) mass is 469 g/mol. The van der Waals surface area contributed by atoms with E-state index in [4.69, 9.17) is 25.7 Å². The number of hydrogen-bond acceptors (Lipinski definition) is 6. The van der Waals surface area contributed by atoms with Crippen molar-refractivity contribution in [2.24, 2.45) is 0 Å². The summed E-state index contributed by atoms with van der Waals surface area (Å²) in [7, 11) is 0. The third-order valence-corrected chi connectivity index (χ3v) is 6.23. The van der Waals surface area contributed by atoms with Gasteiger partial charge < -0.3 is 9.15 Å². The van der Waals surface area contributed by atoms with Crippen LogP contribution in [0.2, 0.25) is 5.02 Å².